The predicted molar refractivity (Wildman–Crippen MR) is 68.3 cm³/mol. The Hall–Kier alpha value is -1.71. The van der Waals surface area contributed by atoms with Crippen LogP contribution in [0.1, 0.15) is 19.4 Å². The van der Waals surface area contributed by atoms with Crippen molar-refractivity contribution >= 4 is 6.03 Å². The average Bonchev–Trinajstić information content (AvgIpc) is 2.31. The highest BCUT2D eigenvalue weighted by Crippen LogP contribution is 2.18. The summed E-state index contributed by atoms with van der Waals surface area (Å²) in [6.45, 7) is 5.85. The second-order valence-corrected chi connectivity index (χ2v) is 4.10. The highest BCUT2D eigenvalue weighted by molar-refractivity contribution is 5.73. The highest BCUT2D eigenvalue weighted by Gasteiger charge is 2.16. The number of amides is 2. The minimum atomic E-state index is -0.197. The van der Waals surface area contributed by atoms with Gasteiger partial charge in [-0.25, -0.2) is 4.79 Å². The van der Waals surface area contributed by atoms with E-state index >= 15 is 0 Å². The highest BCUT2D eigenvalue weighted by atomic mass is 16.5. The topological polar surface area (TPSA) is 50.4 Å². The molecule has 0 radical (unpaired) electrons. The largest absolute Gasteiger partial charge is 0.488 e. The molecule has 0 aliphatic carbocycles. The van der Waals surface area contributed by atoms with Gasteiger partial charge < -0.3 is 15.4 Å². The molecule has 1 aromatic rings. The SMILES string of the molecule is CNC(=O)NC(C)C(C)Oc1ccccc1C. The van der Waals surface area contributed by atoms with Crippen molar-refractivity contribution in [2.24, 2.45) is 0 Å². The van der Waals surface area contributed by atoms with Gasteiger partial charge in [-0.05, 0) is 32.4 Å². The van der Waals surface area contributed by atoms with Crippen molar-refractivity contribution in [3.05, 3.63) is 29.8 Å². The van der Waals surface area contributed by atoms with Gasteiger partial charge in [0.15, 0.2) is 0 Å². The molecule has 1 aromatic carbocycles. The van der Waals surface area contributed by atoms with E-state index in [0.29, 0.717) is 0 Å². The van der Waals surface area contributed by atoms with Gasteiger partial charge in [0, 0.05) is 7.05 Å². The van der Waals surface area contributed by atoms with E-state index in [2.05, 4.69) is 10.6 Å². The number of carbonyl (C=O) groups is 1. The Morgan fingerprint density at radius 1 is 1.29 bits per heavy atom. The molecule has 0 spiro atoms. The Labute approximate surface area is 102 Å². The fourth-order valence-corrected chi connectivity index (χ4v) is 1.39. The van der Waals surface area contributed by atoms with Gasteiger partial charge in [0.2, 0.25) is 0 Å². The smallest absolute Gasteiger partial charge is 0.314 e. The lowest BCUT2D eigenvalue weighted by molar-refractivity contribution is 0.174. The first kappa shape index (κ1) is 13.4. The zero-order valence-electron chi connectivity index (χ0n) is 10.8. The lowest BCUT2D eigenvalue weighted by Gasteiger charge is -2.23. The molecule has 0 aromatic heterocycles. The summed E-state index contributed by atoms with van der Waals surface area (Å²) in [5.74, 6) is 0.852. The molecule has 4 heteroatoms. The summed E-state index contributed by atoms with van der Waals surface area (Å²) in [4.78, 5) is 11.2. The molecular weight excluding hydrogens is 216 g/mol. The van der Waals surface area contributed by atoms with E-state index in [1.165, 1.54) is 0 Å². The summed E-state index contributed by atoms with van der Waals surface area (Å²) in [5, 5.41) is 5.31. The average molecular weight is 236 g/mol. The van der Waals surface area contributed by atoms with Crippen LogP contribution in [-0.2, 0) is 0 Å². The molecule has 1 rings (SSSR count). The molecule has 0 heterocycles. The molecule has 4 nitrogen and oxygen atoms in total. The monoisotopic (exact) mass is 236 g/mol. The van der Waals surface area contributed by atoms with Crippen LogP contribution in [0.25, 0.3) is 0 Å². The van der Waals surface area contributed by atoms with E-state index in [9.17, 15) is 4.79 Å². The van der Waals surface area contributed by atoms with E-state index in [1.54, 1.807) is 7.05 Å². The minimum absolute atomic E-state index is 0.0606. The second kappa shape index (κ2) is 6.13. The van der Waals surface area contributed by atoms with Gasteiger partial charge in [-0.3, -0.25) is 0 Å². The molecule has 0 saturated heterocycles. The number of urea groups is 1. The fraction of sp³-hybridized carbons (Fsp3) is 0.462. The predicted octanol–water partition coefficient (Wildman–Crippen LogP) is 2.08. The van der Waals surface area contributed by atoms with Crippen LogP contribution >= 0.6 is 0 Å². The number of aryl methyl sites for hydroxylation is 1. The van der Waals surface area contributed by atoms with Crippen LogP contribution in [0.4, 0.5) is 4.79 Å². The maximum Gasteiger partial charge on any atom is 0.314 e. The number of hydrogen-bond donors (Lipinski definition) is 2. The van der Waals surface area contributed by atoms with Gasteiger partial charge >= 0.3 is 6.03 Å². The van der Waals surface area contributed by atoms with E-state index < -0.39 is 0 Å². The Morgan fingerprint density at radius 2 is 1.94 bits per heavy atom. The number of nitrogens with one attached hydrogen (secondary N) is 2. The summed E-state index contributed by atoms with van der Waals surface area (Å²) in [7, 11) is 1.59. The van der Waals surface area contributed by atoms with Crippen LogP contribution in [0, 0.1) is 6.92 Å². The van der Waals surface area contributed by atoms with Crippen LogP contribution in [0.2, 0.25) is 0 Å². The van der Waals surface area contributed by atoms with Gasteiger partial charge in [0.25, 0.3) is 0 Å². The van der Waals surface area contributed by atoms with Crippen LogP contribution in [-0.4, -0.2) is 25.2 Å². The molecule has 17 heavy (non-hydrogen) atoms. The summed E-state index contributed by atoms with van der Waals surface area (Å²) < 4.78 is 5.81. The van der Waals surface area contributed by atoms with Crippen molar-refractivity contribution in [1.82, 2.24) is 10.6 Å². The summed E-state index contributed by atoms with van der Waals surface area (Å²) in [6.07, 6.45) is -0.0894. The molecular formula is C13H20N2O2. The molecule has 0 aliphatic heterocycles. The Morgan fingerprint density at radius 3 is 2.53 bits per heavy atom. The molecule has 0 fully saturated rings. The second-order valence-electron chi connectivity index (χ2n) is 4.10. The van der Waals surface area contributed by atoms with E-state index in [0.717, 1.165) is 11.3 Å². The normalized spacial score (nSPS) is 13.6. The lowest BCUT2D eigenvalue weighted by atomic mass is 10.2. The maximum atomic E-state index is 11.2. The first-order chi connectivity index (χ1) is 8.04. The van der Waals surface area contributed by atoms with Gasteiger partial charge in [-0.1, -0.05) is 18.2 Å². The number of para-hydroxylation sites is 1. The summed E-state index contributed by atoms with van der Waals surface area (Å²) in [6, 6.07) is 7.58. The zero-order valence-corrected chi connectivity index (χ0v) is 10.8. The Kier molecular flexibility index (Phi) is 4.82. The van der Waals surface area contributed by atoms with Crippen LogP contribution in [0.5, 0.6) is 5.75 Å². The molecule has 2 atom stereocenters. The maximum absolute atomic E-state index is 11.2. The van der Waals surface area contributed by atoms with Crippen molar-refractivity contribution in [3.8, 4) is 5.75 Å². The number of rotatable bonds is 4. The third-order valence-corrected chi connectivity index (χ3v) is 2.70. The zero-order chi connectivity index (χ0) is 12.8. The standard InChI is InChI=1S/C13H20N2O2/c1-9-7-5-6-8-12(9)17-11(3)10(2)15-13(16)14-4/h5-8,10-11H,1-4H3,(H2,14,15,16). The first-order valence-electron chi connectivity index (χ1n) is 5.75. The number of carbonyl (C=O) groups excluding carboxylic acids is 1. The van der Waals surface area contributed by atoms with Crippen LogP contribution < -0.4 is 15.4 Å². The molecule has 0 saturated carbocycles. The van der Waals surface area contributed by atoms with Crippen molar-refractivity contribution in [2.45, 2.75) is 32.9 Å². The molecule has 2 amide bonds. The molecule has 2 N–H and O–H groups in total. The molecule has 94 valence electrons. The molecule has 0 aliphatic rings. The quantitative estimate of drug-likeness (QED) is 0.841. The van der Waals surface area contributed by atoms with E-state index in [1.807, 2.05) is 45.0 Å². The fourth-order valence-electron chi connectivity index (χ4n) is 1.39. The third-order valence-electron chi connectivity index (χ3n) is 2.70. The summed E-state index contributed by atoms with van der Waals surface area (Å²) in [5.41, 5.74) is 1.09. The first-order valence-corrected chi connectivity index (χ1v) is 5.75. The summed E-state index contributed by atoms with van der Waals surface area (Å²) >= 11 is 0. The van der Waals surface area contributed by atoms with Gasteiger partial charge in [-0.15, -0.1) is 0 Å². The third kappa shape index (κ3) is 3.98. The van der Waals surface area contributed by atoms with E-state index in [4.69, 9.17) is 4.74 Å². The van der Waals surface area contributed by atoms with Crippen molar-refractivity contribution < 1.29 is 9.53 Å². The number of hydrogen-bond acceptors (Lipinski definition) is 2. The van der Waals surface area contributed by atoms with Crippen molar-refractivity contribution in [3.63, 3.8) is 0 Å². The van der Waals surface area contributed by atoms with Gasteiger partial charge in [0.1, 0.15) is 11.9 Å². The van der Waals surface area contributed by atoms with Crippen molar-refractivity contribution in [1.29, 1.82) is 0 Å². The van der Waals surface area contributed by atoms with Crippen LogP contribution in [0.3, 0.4) is 0 Å². The number of benzene rings is 1. The minimum Gasteiger partial charge on any atom is -0.488 e. The lowest BCUT2D eigenvalue weighted by Crippen LogP contribution is -2.45. The van der Waals surface area contributed by atoms with Gasteiger partial charge in [-0.2, -0.15) is 0 Å². The van der Waals surface area contributed by atoms with Crippen LogP contribution in [0.15, 0.2) is 24.3 Å². The number of ether oxygens (including phenoxy) is 1. The van der Waals surface area contributed by atoms with E-state index in [-0.39, 0.29) is 18.2 Å². The Bertz CT molecular complexity index is 379. The molecule has 0 bridgehead atoms. The Balaban J connectivity index is 2.57. The van der Waals surface area contributed by atoms with Crippen molar-refractivity contribution in [2.75, 3.05) is 7.05 Å². The molecule has 2 unspecified atom stereocenters. The van der Waals surface area contributed by atoms with Gasteiger partial charge in [0.05, 0.1) is 6.04 Å².